The lowest BCUT2D eigenvalue weighted by atomic mass is 10.1. The molecule has 0 bridgehead atoms. The summed E-state index contributed by atoms with van der Waals surface area (Å²) in [5.74, 6) is 1.14. The Morgan fingerprint density at radius 3 is 2.95 bits per heavy atom. The number of nitrogens with zero attached hydrogens (tertiary/aromatic N) is 3. The maximum absolute atomic E-state index is 5.80. The van der Waals surface area contributed by atoms with Crippen molar-refractivity contribution in [2.75, 3.05) is 11.1 Å². The number of oxazole rings is 1. The maximum atomic E-state index is 5.80. The third-order valence-corrected chi connectivity index (χ3v) is 2.81. The van der Waals surface area contributed by atoms with E-state index in [1.807, 2.05) is 24.3 Å². The summed E-state index contributed by atoms with van der Waals surface area (Å²) in [5.41, 5.74) is 7.91. The Hall–Kier alpha value is -2.60. The third kappa shape index (κ3) is 2.55. The number of nitrogen functional groups attached to an aromatic ring is 1. The summed E-state index contributed by atoms with van der Waals surface area (Å²) in [6.45, 7) is 0. The standard InChI is InChI=1S/C13H10ClN5O/c14-13-17-5-10(15)12(19-13)18-9-3-1-2-8(4-9)11-6-16-7-20-11/h1-7H,15H2,(H,17,18,19). The first kappa shape index (κ1) is 12.4. The van der Waals surface area contributed by atoms with E-state index < -0.39 is 0 Å². The SMILES string of the molecule is Nc1cnc(Cl)nc1Nc1cccc(-c2cnco2)c1. The lowest BCUT2D eigenvalue weighted by molar-refractivity contribution is 0.572. The van der Waals surface area contributed by atoms with Crippen molar-refractivity contribution >= 4 is 28.8 Å². The van der Waals surface area contributed by atoms with Gasteiger partial charge in [0.05, 0.1) is 18.1 Å². The van der Waals surface area contributed by atoms with E-state index in [2.05, 4.69) is 20.3 Å². The summed E-state index contributed by atoms with van der Waals surface area (Å²) in [6.07, 6.45) is 4.49. The van der Waals surface area contributed by atoms with Gasteiger partial charge in [-0.15, -0.1) is 0 Å². The van der Waals surface area contributed by atoms with Gasteiger partial charge in [-0.25, -0.2) is 9.97 Å². The fourth-order valence-corrected chi connectivity index (χ4v) is 1.85. The quantitative estimate of drug-likeness (QED) is 0.719. The number of hydrogen-bond acceptors (Lipinski definition) is 6. The van der Waals surface area contributed by atoms with Gasteiger partial charge < -0.3 is 15.5 Å². The molecule has 3 aromatic rings. The molecule has 100 valence electrons. The summed E-state index contributed by atoms with van der Waals surface area (Å²) < 4.78 is 5.26. The first-order valence-corrected chi connectivity index (χ1v) is 6.14. The molecule has 0 aliphatic rings. The van der Waals surface area contributed by atoms with Gasteiger partial charge in [0.1, 0.15) is 0 Å². The number of halogens is 1. The molecule has 0 saturated carbocycles. The van der Waals surface area contributed by atoms with Crippen LogP contribution in [0.1, 0.15) is 0 Å². The number of rotatable bonds is 3. The van der Waals surface area contributed by atoms with Crippen molar-refractivity contribution in [3.05, 3.63) is 48.3 Å². The number of nitrogens with one attached hydrogen (secondary N) is 1. The lowest BCUT2D eigenvalue weighted by Gasteiger charge is -2.08. The second kappa shape index (κ2) is 5.18. The van der Waals surface area contributed by atoms with E-state index in [0.717, 1.165) is 11.3 Å². The first-order chi connectivity index (χ1) is 9.72. The molecule has 0 unspecified atom stereocenters. The van der Waals surface area contributed by atoms with Crippen LogP contribution in [0.5, 0.6) is 0 Å². The van der Waals surface area contributed by atoms with Crippen molar-refractivity contribution in [1.82, 2.24) is 15.0 Å². The predicted octanol–water partition coefficient (Wildman–Crippen LogP) is 3.11. The molecular weight excluding hydrogens is 278 g/mol. The maximum Gasteiger partial charge on any atom is 0.224 e. The average Bonchev–Trinajstić information content (AvgIpc) is 2.97. The Kier molecular flexibility index (Phi) is 3.22. The van der Waals surface area contributed by atoms with Crippen LogP contribution in [0.4, 0.5) is 17.2 Å². The molecule has 0 spiro atoms. The van der Waals surface area contributed by atoms with Gasteiger partial charge in [-0.05, 0) is 23.7 Å². The van der Waals surface area contributed by atoms with Gasteiger partial charge in [-0.2, -0.15) is 4.98 Å². The van der Waals surface area contributed by atoms with Crippen LogP contribution in [0, 0.1) is 0 Å². The molecule has 0 saturated heterocycles. The Balaban J connectivity index is 1.91. The number of nitrogens with two attached hydrogens (primary N) is 1. The van der Waals surface area contributed by atoms with E-state index >= 15 is 0 Å². The normalized spacial score (nSPS) is 10.4. The smallest absolute Gasteiger partial charge is 0.224 e. The van der Waals surface area contributed by atoms with Gasteiger partial charge in [-0.3, -0.25) is 0 Å². The van der Waals surface area contributed by atoms with Crippen molar-refractivity contribution in [2.45, 2.75) is 0 Å². The van der Waals surface area contributed by atoms with Crippen molar-refractivity contribution in [3.63, 3.8) is 0 Å². The van der Waals surface area contributed by atoms with Crippen LogP contribution in [0.25, 0.3) is 11.3 Å². The molecule has 20 heavy (non-hydrogen) atoms. The van der Waals surface area contributed by atoms with Crippen molar-refractivity contribution in [2.24, 2.45) is 0 Å². The van der Waals surface area contributed by atoms with Crippen LogP contribution < -0.4 is 11.1 Å². The van der Waals surface area contributed by atoms with E-state index in [9.17, 15) is 0 Å². The minimum Gasteiger partial charge on any atom is -0.444 e. The zero-order valence-corrected chi connectivity index (χ0v) is 11.0. The van der Waals surface area contributed by atoms with Crippen LogP contribution in [0.3, 0.4) is 0 Å². The number of benzene rings is 1. The topological polar surface area (TPSA) is 89.9 Å². The molecule has 0 radical (unpaired) electrons. The Labute approximate surface area is 119 Å². The van der Waals surface area contributed by atoms with Gasteiger partial charge >= 0.3 is 0 Å². The summed E-state index contributed by atoms with van der Waals surface area (Å²) in [5, 5.41) is 3.23. The third-order valence-electron chi connectivity index (χ3n) is 2.63. The highest BCUT2D eigenvalue weighted by molar-refractivity contribution is 6.28. The molecule has 3 N–H and O–H groups in total. The zero-order chi connectivity index (χ0) is 13.9. The summed E-state index contributed by atoms with van der Waals surface area (Å²) in [7, 11) is 0. The molecular formula is C13H10ClN5O. The van der Waals surface area contributed by atoms with Crippen molar-refractivity contribution in [3.8, 4) is 11.3 Å². The Bertz CT molecular complexity index is 729. The van der Waals surface area contributed by atoms with Gasteiger partial charge in [-0.1, -0.05) is 12.1 Å². The molecule has 0 amide bonds. The van der Waals surface area contributed by atoms with Crippen molar-refractivity contribution in [1.29, 1.82) is 0 Å². The second-order valence-corrected chi connectivity index (χ2v) is 4.35. The van der Waals surface area contributed by atoms with E-state index in [0.29, 0.717) is 17.3 Å². The van der Waals surface area contributed by atoms with Crippen LogP contribution in [-0.4, -0.2) is 15.0 Å². The summed E-state index contributed by atoms with van der Waals surface area (Å²) in [4.78, 5) is 11.7. The van der Waals surface area contributed by atoms with Crippen molar-refractivity contribution < 1.29 is 4.42 Å². The van der Waals surface area contributed by atoms with E-state index in [1.54, 1.807) is 6.20 Å². The van der Waals surface area contributed by atoms with Crippen LogP contribution in [0.2, 0.25) is 5.28 Å². The molecule has 7 heteroatoms. The molecule has 2 aromatic heterocycles. The highest BCUT2D eigenvalue weighted by Crippen LogP contribution is 2.26. The molecule has 0 aliphatic heterocycles. The monoisotopic (exact) mass is 287 g/mol. The molecule has 0 atom stereocenters. The fourth-order valence-electron chi connectivity index (χ4n) is 1.72. The Morgan fingerprint density at radius 2 is 2.15 bits per heavy atom. The van der Waals surface area contributed by atoms with E-state index in [4.69, 9.17) is 21.8 Å². The van der Waals surface area contributed by atoms with Crippen LogP contribution in [-0.2, 0) is 0 Å². The van der Waals surface area contributed by atoms with Gasteiger partial charge in [0.2, 0.25) is 5.28 Å². The molecule has 3 rings (SSSR count). The lowest BCUT2D eigenvalue weighted by Crippen LogP contribution is -2.00. The molecule has 6 nitrogen and oxygen atoms in total. The molecule has 2 heterocycles. The average molecular weight is 288 g/mol. The minimum atomic E-state index is 0.132. The predicted molar refractivity (Wildman–Crippen MR) is 76.7 cm³/mol. The fraction of sp³-hybridized carbons (Fsp3) is 0. The number of hydrogen-bond donors (Lipinski definition) is 2. The molecule has 0 fully saturated rings. The highest BCUT2D eigenvalue weighted by atomic mass is 35.5. The van der Waals surface area contributed by atoms with E-state index in [1.165, 1.54) is 12.6 Å². The number of anilines is 3. The molecule has 0 aliphatic carbocycles. The van der Waals surface area contributed by atoms with Gasteiger partial charge in [0, 0.05) is 11.3 Å². The number of aromatic nitrogens is 3. The second-order valence-electron chi connectivity index (χ2n) is 4.01. The van der Waals surface area contributed by atoms with Crippen LogP contribution >= 0.6 is 11.6 Å². The Morgan fingerprint density at radius 1 is 1.25 bits per heavy atom. The summed E-state index contributed by atoms with van der Waals surface area (Å²) in [6, 6.07) is 7.59. The van der Waals surface area contributed by atoms with Gasteiger partial charge in [0.15, 0.2) is 18.0 Å². The van der Waals surface area contributed by atoms with Gasteiger partial charge in [0.25, 0.3) is 0 Å². The first-order valence-electron chi connectivity index (χ1n) is 5.76. The van der Waals surface area contributed by atoms with Crippen LogP contribution in [0.15, 0.2) is 47.5 Å². The molecule has 1 aromatic carbocycles. The van der Waals surface area contributed by atoms with E-state index in [-0.39, 0.29) is 5.28 Å². The zero-order valence-electron chi connectivity index (χ0n) is 10.2. The highest BCUT2D eigenvalue weighted by Gasteiger charge is 2.06. The minimum absolute atomic E-state index is 0.132. The summed E-state index contributed by atoms with van der Waals surface area (Å²) >= 11 is 5.75. The largest absolute Gasteiger partial charge is 0.444 e.